The van der Waals surface area contributed by atoms with Gasteiger partial charge in [-0.05, 0) is 54.4 Å². The molecule has 0 saturated heterocycles. The van der Waals surface area contributed by atoms with Crippen LogP contribution in [-0.2, 0) is 13.0 Å². The molecule has 0 unspecified atom stereocenters. The van der Waals surface area contributed by atoms with Crippen molar-refractivity contribution in [2.75, 3.05) is 18.5 Å². The summed E-state index contributed by atoms with van der Waals surface area (Å²) in [6.07, 6.45) is 0.875. The monoisotopic (exact) mass is 352 g/mol. The van der Waals surface area contributed by atoms with Crippen molar-refractivity contribution in [3.8, 4) is 0 Å². The first-order valence-electron chi connectivity index (χ1n) is 6.54. The zero-order chi connectivity index (χ0) is 14.5. The number of benzene rings is 2. The number of halogens is 2. The molecule has 0 aliphatic rings. The first kappa shape index (κ1) is 15.4. The van der Waals surface area contributed by atoms with E-state index in [0.29, 0.717) is 6.54 Å². The third-order valence-corrected chi connectivity index (χ3v) is 3.94. The third kappa shape index (κ3) is 3.98. The van der Waals surface area contributed by atoms with Gasteiger partial charge in [0.25, 0.3) is 0 Å². The summed E-state index contributed by atoms with van der Waals surface area (Å²) >= 11 is 9.43. The minimum absolute atomic E-state index is 0.651. The molecule has 0 amide bonds. The van der Waals surface area contributed by atoms with E-state index in [0.717, 1.165) is 22.5 Å². The first-order valence-corrected chi connectivity index (χ1v) is 7.71. The molecule has 2 aromatic rings. The number of rotatable bonds is 5. The third-order valence-electron chi connectivity index (χ3n) is 3.20. The summed E-state index contributed by atoms with van der Waals surface area (Å²) in [5, 5.41) is 0.767. The Kier molecular flexibility index (Phi) is 5.46. The molecule has 20 heavy (non-hydrogen) atoms. The first-order chi connectivity index (χ1) is 9.60. The maximum absolute atomic E-state index is 5.92. The molecule has 2 rings (SSSR count). The van der Waals surface area contributed by atoms with Crippen LogP contribution in [0.25, 0.3) is 0 Å². The van der Waals surface area contributed by atoms with Crippen molar-refractivity contribution in [2.45, 2.75) is 13.0 Å². The zero-order valence-electron chi connectivity index (χ0n) is 11.4. The average Bonchev–Trinajstić information content (AvgIpc) is 2.42. The minimum atomic E-state index is 0.651. The van der Waals surface area contributed by atoms with Gasteiger partial charge >= 0.3 is 0 Å². The van der Waals surface area contributed by atoms with Gasteiger partial charge < -0.3 is 10.6 Å². The lowest BCUT2D eigenvalue weighted by atomic mass is 10.1. The normalized spacial score (nSPS) is 10.6. The van der Waals surface area contributed by atoms with Crippen LogP contribution in [0.4, 0.5) is 5.69 Å². The summed E-state index contributed by atoms with van der Waals surface area (Å²) in [5.41, 5.74) is 9.41. The van der Waals surface area contributed by atoms with E-state index in [9.17, 15) is 0 Å². The Hall–Kier alpha value is -1.03. The second kappa shape index (κ2) is 7.11. The summed E-state index contributed by atoms with van der Waals surface area (Å²) in [7, 11) is 2.10. The van der Waals surface area contributed by atoms with E-state index in [-0.39, 0.29) is 0 Å². The lowest BCUT2D eigenvalue weighted by molar-refractivity contribution is 0.892. The molecule has 0 aliphatic heterocycles. The lowest BCUT2D eigenvalue weighted by Gasteiger charge is -2.23. The van der Waals surface area contributed by atoms with Crippen molar-refractivity contribution in [1.82, 2.24) is 0 Å². The van der Waals surface area contributed by atoms with Crippen LogP contribution in [0.15, 0.2) is 46.9 Å². The molecule has 0 saturated carbocycles. The smallest absolute Gasteiger partial charge is 0.0426 e. The molecule has 0 bridgehead atoms. The fourth-order valence-electron chi connectivity index (χ4n) is 2.23. The maximum atomic E-state index is 5.92. The van der Waals surface area contributed by atoms with Gasteiger partial charge in [0.05, 0.1) is 0 Å². The van der Waals surface area contributed by atoms with Gasteiger partial charge in [0.2, 0.25) is 0 Å². The zero-order valence-corrected chi connectivity index (χ0v) is 13.8. The van der Waals surface area contributed by atoms with Crippen molar-refractivity contribution >= 4 is 33.2 Å². The summed E-state index contributed by atoms with van der Waals surface area (Å²) < 4.78 is 1.09. The molecule has 2 aromatic carbocycles. The van der Waals surface area contributed by atoms with Crippen LogP contribution >= 0.6 is 27.5 Å². The van der Waals surface area contributed by atoms with Crippen molar-refractivity contribution in [3.05, 3.63) is 63.1 Å². The standard InChI is InChI=1S/C16H18BrClN2/c1-20(11-12-2-5-15(18)6-3-12)16-7-4-14(17)10-13(16)8-9-19/h2-7,10H,8-9,11,19H2,1H3. The highest BCUT2D eigenvalue weighted by atomic mass is 79.9. The van der Waals surface area contributed by atoms with Crippen LogP contribution in [0.2, 0.25) is 5.02 Å². The van der Waals surface area contributed by atoms with E-state index in [1.165, 1.54) is 16.8 Å². The summed E-state index contributed by atoms with van der Waals surface area (Å²) in [5.74, 6) is 0. The quantitative estimate of drug-likeness (QED) is 0.871. The van der Waals surface area contributed by atoms with Crippen molar-refractivity contribution in [2.24, 2.45) is 5.73 Å². The highest BCUT2D eigenvalue weighted by molar-refractivity contribution is 9.10. The van der Waals surface area contributed by atoms with E-state index in [1.54, 1.807) is 0 Å². The Balaban J connectivity index is 2.19. The minimum Gasteiger partial charge on any atom is -0.370 e. The van der Waals surface area contributed by atoms with Gasteiger partial charge in [0.15, 0.2) is 0 Å². The van der Waals surface area contributed by atoms with Crippen LogP contribution in [-0.4, -0.2) is 13.6 Å². The average molecular weight is 354 g/mol. The van der Waals surface area contributed by atoms with Gasteiger partial charge in [0, 0.05) is 28.8 Å². The van der Waals surface area contributed by atoms with Crippen LogP contribution in [0.5, 0.6) is 0 Å². The van der Waals surface area contributed by atoms with E-state index >= 15 is 0 Å². The Bertz CT molecular complexity index is 569. The number of nitrogens with two attached hydrogens (primary N) is 1. The molecule has 0 aliphatic carbocycles. The van der Waals surface area contributed by atoms with Gasteiger partial charge in [-0.1, -0.05) is 39.7 Å². The van der Waals surface area contributed by atoms with E-state index in [2.05, 4.69) is 58.2 Å². The van der Waals surface area contributed by atoms with Crippen LogP contribution in [0, 0.1) is 0 Å². The summed E-state index contributed by atoms with van der Waals surface area (Å²) in [6.45, 7) is 1.49. The van der Waals surface area contributed by atoms with Gasteiger partial charge in [-0.15, -0.1) is 0 Å². The van der Waals surface area contributed by atoms with Crippen molar-refractivity contribution in [1.29, 1.82) is 0 Å². The highest BCUT2D eigenvalue weighted by Crippen LogP contribution is 2.25. The molecule has 2 nitrogen and oxygen atoms in total. The van der Waals surface area contributed by atoms with Crippen LogP contribution in [0.3, 0.4) is 0 Å². The highest BCUT2D eigenvalue weighted by Gasteiger charge is 2.08. The fourth-order valence-corrected chi connectivity index (χ4v) is 2.77. The largest absolute Gasteiger partial charge is 0.370 e. The molecular formula is C16H18BrClN2. The fraction of sp³-hybridized carbons (Fsp3) is 0.250. The van der Waals surface area contributed by atoms with Crippen molar-refractivity contribution < 1.29 is 0 Å². The topological polar surface area (TPSA) is 29.3 Å². The molecule has 0 aromatic heterocycles. The molecule has 0 spiro atoms. The van der Waals surface area contributed by atoms with Gasteiger partial charge in [-0.3, -0.25) is 0 Å². The van der Waals surface area contributed by atoms with E-state index < -0.39 is 0 Å². The summed E-state index contributed by atoms with van der Waals surface area (Å²) in [4.78, 5) is 2.24. The molecule has 0 atom stereocenters. The molecule has 2 N–H and O–H groups in total. The number of hydrogen-bond donors (Lipinski definition) is 1. The molecular weight excluding hydrogens is 336 g/mol. The van der Waals surface area contributed by atoms with E-state index in [1.807, 2.05) is 12.1 Å². The van der Waals surface area contributed by atoms with Gasteiger partial charge in [-0.2, -0.15) is 0 Å². The molecule has 106 valence electrons. The number of hydrogen-bond acceptors (Lipinski definition) is 2. The SMILES string of the molecule is CN(Cc1ccc(Cl)cc1)c1ccc(Br)cc1CCN. The predicted octanol–water partition coefficient (Wildman–Crippen LogP) is 4.24. The van der Waals surface area contributed by atoms with Gasteiger partial charge in [-0.25, -0.2) is 0 Å². The second-order valence-electron chi connectivity index (χ2n) is 4.79. The molecule has 0 heterocycles. The van der Waals surface area contributed by atoms with Crippen LogP contribution in [0.1, 0.15) is 11.1 Å². The predicted molar refractivity (Wildman–Crippen MR) is 90.5 cm³/mol. The van der Waals surface area contributed by atoms with Crippen LogP contribution < -0.4 is 10.6 Å². The lowest BCUT2D eigenvalue weighted by Crippen LogP contribution is -2.19. The Morgan fingerprint density at radius 1 is 1.15 bits per heavy atom. The maximum Gasteiger partial charge on any atom is 0.0426 e. The number of anilines is 1. The summed E-state index contributed by atoms with van der Waals surface area (Å²) in [6, 6.07) is 14.3. The molecule has 0 fully saturated rings. The Labute approximate surface area is 133 Å². The van der Waals surface area contributed by atoms with Gasteiger partial charge in [0.1, 0.15) is 0 Å². The van der Waals surface area contributed by atoms with Crippen molar-refractivity contribution in [3.63, 3.8) is 0 Å². The number of nitrogens with zero attached hydrogens (tertiary/aromatic N) is 1. The Morgan fingerprint density at radius 3 is 2.50 bits per heavy atom. The Morgan fingerprint density at radius 2 is 1.85 bits per heavy atom. The van der Waals surface area contributed by atoms with E-state index in [4.69, 9.17) is 17.3 Å². The molecule has 4 heteroatoms. The molecule has 0 radical (unpaired) electrons. The second-order valence-corrected chi connectivity index (χ2v) is 6.15.